The normalized spacial score (nSPS) is 14.9. The fourth-order valence-corrected chi connectivity index (χ4v) is 4.05. The van der Waals surface area contributed by atoms with E-state index in [4.69, 9.17) is 9.26 Å². The van der Waals surface area contributed by atoms with E-state index in [0.29, 0.717) is 41.2 Å². The van der Waals surface area contributed by atoms with Gasteiger partial charge in [-0.1, -0.05) is 43.6 Å². The summed E-state index contributed by atoms with van der Waals surface area (Å²) in [6.45, 7) is 5.90. The van der Waals surface area contributed by atoms with Gasteiger partial charge in [0.05, 0.1) is 12.2 Å². The molecule has 31 heavy (non-hydrogen) atoms. The molecule has 0 spiro atoms. The number of ether oxygens (including phenoxy) is 1. The maximum atomic E-state index is 9.52. The number of unbranched alkanes of at least 4 members (excludes halogenated alkanes) is 1. The van der Waals surface area contributed by atoms with Crippen molar-refractivity contribution in [3.05, 3.63) is 53.1 Å². The summed E-state index contributed by atoms with van der Waals surface area (Å²) < 4.78 is 11.3. The molecule has 0 aliphatic heterocycles. The molecule has 1 N–H and O–H groups in total. The van der Waals surface area contributed by atoms with Gasteiger partial charge in [-0.25, -0.2) is 0 Å². The van der Waals surface area contributed by atoms with Gasteiger partial charge in [0.15, 0.2) is 0 Å². The predicted octanol–water partition coefficient (Wildman–Crippen LogP) is 5.44. The Hall–Kier alpha value is -3.17. The van der Waals surface area contributed by atoms with Gasteiger partial charge in [-0.2, -0.15) is 10.2 Å². The minimum absolute atomic E-state index is 0.389. The summed E-state index contributed by atoms with van der Waals surface area (Å²) in [7, 11) is 0. The third kappa shape index (κ3) is 4.47. The Labute approximate surface area is 183 Å². The molecule has 1 heterocycles. The Kier molecular flexibility index (Phi) is 6.63. The van der Waals surface area contributed by atoms with Crippen LogP contribution in [0, 0.1) is 11.3 Å². The van der Waals surface area contributed by atoms with Gasteiger partial charge in [-0.05, 0) is 61.6 Å². The number of nitrogens with zero attached hydrogens (tertiary/aromatic N) is 3. The van der Waals surface area contributed by atoms with E-state index in [9.17, 15) is 5.26 Å². The van der Waals surface area contributed by atoms with E-state index in [1.807, 2.05) is 6.07 Å². The number of benzene rings is 2. The highest BCUT2D eigenvalue weighted by Crippen LogP contribution is 2.37. The van der Waals surface area contributed by atoms with E-state index in [0.717, 1.165) is 44.2 Å². The van der Waals surface area contributed by atoms with Crippen LogP contribution in [0.1, 0.15) is 62.3 Å². The largest absolute Gasteiger partial charge is 0.492 e. The van der Waals surface area contributed by atoms with Crippen LogP contribution in [0.15, 0.2) is 40.9 Å². The van der Waals surface area contributed by atoms with Crippen molar-refractivity contribution in [3.63, 3.8) is 0 Å². The van der Waals surface area contributed by atoms with Crippen LogP contribution in [0.3, 0.4) is 0 Å². The topological polar surface area (TPSA) is 84.0 Å². The molecule has 1 aliphatic carbocycles. The summed E-state index contributed by atoms with van der Waals surface area (Å²) in [5.74, 6) is 1.58. The SMILES string of the molecule is CCCCOc1ccc(-c2nc(-c3cccc4c3CCC4NCCC)no2)cc1C#N. The highest BCUT2D eigenvalue weighted by molar-refractivity contribution is 5.67. The van der Waals surface area contributed by atoms with E-state index < -0.39 is 0 Å². The monoisotopic (exact) mass is 416 g/mol. The van der Waals surface area contributed by atoms with Crippen LogP contribution in [-0.4, -0.2) is 23.3 Å². The third-order valence-corrected chi connectivity index (χ3v) is 5.68. The first-order valence-corrected chi connectivity index (χ1v) is 11.1. The number of nitriles is 1. The molecular weight excluding hydrogens is 388 g/mol. The molecule has 0 amide bonds. The van der Waals surface area contributed by atoms with Crippen molar-refractivity contribution in [2.24, 2.45) is 0 Å². The number of rotatable bonds is 9. The average molecular weight is 417 g/mol. The highest BCUT2D eigenvalue weighted by Gasteiger charge is 2.26. The number of hydrogen-bond acceptors (Lipinski definition) is 6. The Morgan fingerprint density at radius 3 is 2.94 bits per heavy atom. The Bertz CT molecular complexity index is 1080. The van der Waals surface area contributed by atoms with Crippen LogP contribution in [0.5, 0.6) is 5.75 Å². The smallest absolute Gasteiger partial charge is 0.258 e. The van der Waals surface area contributed by atoms with E-state index >= 15 is 0 Å². The Balaban J connectivity index is 1.59. The first-order chi connectivity index (χ1) is 15.2. The van der Waals surface area contributed by atoms with Crippen molar-refractivity contribution >= 4 is 0 Å². The van der Waals surface area contributed by atoms with Crippen molar-refractivity contribution in [2.75, 3.05) is 13.2 Å². The second-order valence-electron chi connectivity index (χ2n) is 7.87. The molecule has 6 heteroatoms. The predicted molar refractivity (Wildman–Crippen MR) is 120 cm³/mol. The highest BCUT2D eigenvalue weighted by atomic mass is 16.5. The second-order valence-corrected chi connectivity index (χ2v) is 7.87. The number of fused-ring (bicyclic) bond motifs is 1. The summed E-state index contributed by atoms with van der Waals surface area (Å²) in [6.07, 6.45) is 5.20. The zero-order valence-electron chi connectivity index (χ0n) is 18.1. The fraction of sp³-hybridized carbons (Fsp3) is 0.400. The maximum Gasteiger partial charge on any atom is 0.258 e. The van der Waals surface area contributed by atoms with E-state index in [-0.39, 0.29) is 0 Å². The molecule has 1 aliphatic rings. The van der Waals surface area contributed by atoms with Gasteiger partial charge in [0.1, 0.15) is 11.8 Å². The van der Waals surface area contributed by atoms with Gasteiger partial charge < -0.3 is 14.6 Å². The molecular formula is C25H28N4O2. The van der Waals surface area contributed by atoms with Gasteiger partial charge >= 0.3 is 0 Å². The second kappa shape index (κ2) is 9.76. The van der Waals surface area contributed by atoms with Gasteiger partial charge in [0, 0.05) is 17.2 Å². The number of hydrogen-bond donors (Lipinski definition) is 1. The molecule has 6 nitrogen and oxygen atoms in total. The first kappa shape index (κ1) is 21.1. The summed E-state index contributed by atoms with van der Waals surface area (Å²) in [5.41, 5.74) is 4.83. The summed E-state index contributed by atoms with van der Waals surface area (Å²) >= 11 is 0. The van der Waals surface area contributed by atoms with Crippen LogP contribution >= 0.6 is 0 Å². The Morgan fingerprint density at radius 1 is 1.23 bits per heavy atom. The molecule has 1 atom stereocenters. The zero-order chi connectivity index (χ0) is 21.6. The van der Waals surface area contributed by atoms with Gasteiger partial charge in [0.2, 0.25) is 5.82 Å². The molecule has 2 aromatic carbocycles. The maximum absolute atomic E-state index is 9.52. The molecule has 1 unspecified atom stereocenters. The van der Waals surface area contributed by atoms with Crippen molar-refractivity contribution in [1.29, 1.82) is 5.26 Å². The molecule has 1 aromatic heterocycles. The number of nitrogens with one attached hydrogen (secondary N) is 1. The average Bonchev–Trinajstić information content (AvgIpc) is 3.45. The standard InChI is InChI=1S/C25H28N4O2/c1-3-5-14-30-23-12-9-17(15-18(23)16-26)25-28-24(29-31-25)21-8-6-7-20-19(21)10-11-22(20)27-13-4-2/h6-9,12,15,22,27H,3-5,10-11,13-14H2,1-2H3. The van der Waals surface area contributed by atoms with Crippen molar-refractivity contribution < 1.29 is 9.26 Å². The van der Waals surface area contributed by atoms with Gasteiger partial charge in [-0.3, -0.25) is 0 Å². The van der Waals surface area contributed by atoms with Crippen molar-refractivity contribution in [1.82, 2.24) is 15.5 Å². The zero-order valence-corrected chi connectivity index (χ0v) is 18.1. The third-order valence-electron chi connectivity index (χ3n) is 5.68. The summed E-state index contributed by atoms with van der Waals surface area (Å²) in [5, 5.41) is 17.4. The van der Waals surface area contributed by atoms with Crippen LogP contribution < -0.4 is 10.1 Å². The molecule has 0 saturated carbocycles. The van der Waals surface area contributed by atoms with E-state index in [1.54, 1.807) is 12.1 Å². The van der Waals surface area contributed by atoms with Crippen LogP contribution in [0.2, 0.25) is 0 Å². The molecule has 0 saturated heterocycles. The molecule has 0 fully saturated rings. The van der Waals surface area contributed by atoms with E-state index in [1.165, 1.54) is 11.1 Å². The summed E-state index contributed by atoms with van der Waals surface area (Å²) in [4.78, 5) is 4.65. The lowest BCUT2D eigenvalue weighted by Crippen LogP contribution is -2.19. The molecule has 4 rings (SSSR count). The minimum Gasteiger partial charge on any atom is -0.492 e. The van der Waals surface area contributed by atoms with E-state index in [2.05, 4.69) is 53.6 Å². The molecule has 3 aromatic rings. The van der Waals surface area contributed by atoms with Crippen LogP contribution in [0.25, 0.3) is 22.8 Å². The fourth-order valence-electron chi connectivity index (χ4n) is 4.05. The lowest BCUT2D eigenvalue weighted by molar-refractivity contribution is 0.308. The van der Waals surface area contributed by atoms with Gasteiger partial charge in [-0.15, -0.1) is 0 Å². The Morgan fingerprint density at radius 2 is 2.13 bits per heavy atom. The number of aromatic nitrogens is 2. The molecule has 160 valence electrons. The quantitative estimate of drug-likeness (QED) is 0.468. The lowest BCUT2D eigenvalue weighted by Gasteiger charge is -2.13. The van der Waals surface area contributed by atoms with Crippen LogP contribution in [0.4, 0.5) is 0 Å². The minimum atomic E-state index is 0.389. The molecule has 0 bridgehead atoms. The first-order valence-electron chi connectivity index (χ1n) is 11.1. The van der Waals surface area contributed by atoms with Gasteiger partial charge in [0.25, 0.3) is 5.89 Å². The molecule has 0 radical (unpaired) electrons. The van der Waals surface area contributed by atoms with Crippen molar-refractivity contribution in [3.8, 4) is 34.7 Å². The summed E-state index contributed by atoms with van der Waals surface area (Å²) in [6, 6.07) is 14.3. The van der Waals surface area contributed by atoms with Crippen LogP contribution in [-0.2, 0) is 6.42 Å². The van der Waals surface area contributed by atoms with Crippen molar-refractivity contribution in [2.45, 2.75) is 52.0 Å². The lowest BCUT2D eigenvalue weighted by atomic mass is 10.0.